The van der Waals surface area contributed by atoms with E-state index in [0.717, 1.165) is 29.8 Å². The van der Waals surface area contributed by atoms with E-state index in [1.54, 1.807) is 12.1 Å². The molecule has 0 spiro atoms. The number of hydrogen-bond donors (Lipinski definition) is 3. The summed E-state index contributed by atoms with van der Waals surface area (Å²) in [4.78, 5) is 12.4. The Hall–Kier alpha value is -1.92. The fraction of sp³-hybridized carbons (Fsp3) is 0.412. The lowest BCUT2D eigenvalue weighted by atomic mass is 9.84. The van der Waals surface area contributed by atoms with E-state index < -0.39 is 0 Å². The highest BCUT2D eigenvalue weighted by atomic mass is 35.5. The van der Waals surface area contributed by atoms with Gasteiger partial charge in [0.1, 0.15) is 5.82 Å². The first kappa shape index (κ1) is 18.4. The average molecular weight is 353 g/mol. The number of hydrogen-bond acceptors (Lipinski definition) is 3. The molecule has 130 valence electrons. The number of aromatic amines is 1. The van der Waals surface area contributed by atoms with Crippen molar-refractivity contribution in [2.75, 3.05) is 13.1 Å². The highest BCUT2D eigenvalue weighted by molar-refractivity contribution is 5.94. The van der Waals surface area contributed by atoms with Crippen molar-refractivity contribution < 1.29 is 9.18 Å². The van der Waals surface area contributed by atoms with Crippen LogP contribution in [0.2, 0.25) is 0 Å². The standard InChI is InChI=1S/C17H21FN4O.ClH/c1-17(2,11-3-5-12(18)6-4-11)10-20-16(23)15-13-9-19-8-7-14(13)21-22-15;/h3-6,19H,7-10H2,1-2H3,(H,20,23)(H,21,22);1H. The van der Waals surface area contributed by atoms with Crippen molar-refractivity contribution in [2.45, 2.75) is 32.2 Å². The minimum atomic E-state index is -0.294. The van der Waals surface area contributed by atoms with Crippen molar-refractivity contribution in [3.05, 3.63) is 52.6 Å². The number of rotatable bonds is 4. The third-order valence-corrected chi connectivity index (χ3v) is 4.34. The Morgan fingerprint density at radius 1 is 1.33 bits per heavy atom. The summed E-state index contributed by atoms with van der Waals surface area (Å²) in [6.45, 7) is 6.04. The molecule has 5 nitrogen and oxygen atoms in total. The summed E-state index contributed by atoms with van der Waals surface area (Å²) >= 11 is 0. The van der Waals surface area contributed by atoms with Crippen LogP contribution in [0.3, 0.4) is 0 Å². The molecule has 0 aliphatic carbocycles. The van der Waals surface area contributed by atoms with Gasteiger partial charge in [0.15, 0.2) is 5.69 Å². The van der Waals surface area contributed by atoms with Gasteiger partial charge in [0.25, 0.3) is 5.91 Å². The van der Waals surface area contributed by atoms with E-state index in [1.165, 1.54) is 12.1 Å². The van der Waals surface area contributed by atoms with Gasteiger partial charge < -0.3 is 10.6 Å². The fourth-order valence-corrected chi connectivity index (χ4v) is 2.80. The predicted molar refractivity (Wildman–Crippen MR) is 93.0 cm³/mol. The number of amides is 1. The topological polar surface area (TPSA) is 69.8 Å². The van der Waals surface area contributed by atoms with Crippen LogP contribution < -0.4 is 10.6 Å². The van der Waals surface area contributed by atoms with Crippen LogP contribution in [0.1, 0.15) is 41.2 Å². The van der Waals surface area contributed by atoms with E-state index in [9.17, 15) is 9.18 Å². The van der Waals surface area contributed by atoms with Gasteiger partial charge in [0.2, 0.25) is 0 Å². The summed E-state index contributed by atoms with van der Waals surface area (Å²) in [6.07, 6.45) is 0.858. The zero-order valence-corrected chi connectivity index (χ0v) is 14.6. The second-order valence-electron chi connectivity index (χ2n) is 6.53. The number of carbonyl (C=O) groups is 1. The Labute approximate surface area is 146 Å². The summed E-state index contributed by atoms with van der Waals surface area (Å²) in [5.41, 5.74) is 3.13. The van der Waals surface area contributed by atoms with Crippen LogP contribution in [0.5, 0.6) is 0 Å². The molecule has 0 radical (unpaired) electrons. The summed E-state index contributed by atoms with van der Waals surface area (Å²) < 4.78 is 13.0. The molecule has 0 unspecified atom stereocenters. The number of fused-ring (bicyclic) bond motifs is 1. The Morgan fingerprint density at radius 3 is 2.75 bits per heavy atom. The third-order valence-electron chi connectivity index (χ3n) is 4.34. The third kappa shape index (κ3) is 3.76. The number of nitrogens with zero attached hydrogens (tertiary/aromatic N) is 1. The van der Waals surface area contributed by atoms with Gasteiger partial charge in [-0.3, -0.25) is 9.89 Å². The zero-order chi connectivity index (χ0) is 16.4. The van der Waals surface area contributed by atoms with Gasteiger partial charge in [0.05, 0.1) is 0 Å². The second kappa shape index (κ2) is 7.32. The van der Waals surface area contributed by atoms with Crippen LogP contribution >= 0.6 is 12.4 Å². The van der Waals surface area contributed by atoms with Crippen molar-refractivity contribution >= 4 is 18.3 Å². The smallest absolute Gasteiger partial charge is 0.272 e. The van der Waals surface area contributed by atoms with Crippen LogP contribution in [-0.2, 0) is 18.4 Å². The fourth-order valence-electron chi connectivity index (χ4n) is 2.80. The first-order chi connectivity index (χ1) is 11.0. The largest absolute Gasteiger partial charge is 0.350 e. The summed E-state index contributed by atoms with van der Waals surface area (Å²) in [5.74, 6) is -0.439. The minimum Gasteiger partial charge on any atom is -0.350 e. The van der Waals surface area contributed by atoms with Gasteiger partial charge in [-0.25, -0.2) is 4.39 Å². The number of aromatic nitrogens is 2. The minimum absolute atomic E-state index is 0. The Bertz CT molecular complexity index is 712. The molecule has 2 heterocycles. The maximum atomic E-state index is 13.0. The molecule has 0 saturated heterocycles. The number of halogens is 2. The van der Waals surface area contributed by atoms with Gasteiger partial charge in [-0.1, -0.05) is 26.0 Å². The Kier molecular flexibility index (Phi) is 5.62. The molecule has 24 heavy (non-hydrogen) atoms. The van der Waals surface area contributed by atoms with Crippen LogP contribution in [0, 0.1) is 5.82 Å². The quantitative estimate of drug-likeness (QED) is 0.791. The van der Waals surface area contributed by atoms with Gasteiger partial charge in [-0.05, 0) is 17.7 Å². The molecule has 1 aliphatic rings. The Balaban J connectivity index is 0.00000208. The molecule has 3 N–H and O–H groups in total. The highest BCUT2D eigenvalue weighted by Crippen LogP contribution is 2.23. The van der Waals surface area contributed by atoms with Gasteiger partial charge in [0, 0.05) is 42.7 Å². The van der Waals surface area contributed by atoms with Crippen LogP contribution in [0.25, 0.3) is 0 Å². The maximum absolute atomic E-state index is 13.0. The van der Waals surface area contributed by atoms with E-state index >= 15 is 0 Å². The molecule has 1 amide bonds. The molecular weight excluding hydrogens is 331 g/mol. The van der Waals surface area contributed by atoms with E-state index in [1.807, 2.05) is 13.8 Å². The summed E-state index contributed by atoms with van der Waals surface area (Å²) in [6, 6.07) is 6.38. The lowest BCUT2D eigenvalue weighted by Gasteiger charge is -2.25. The van der Waals surface area contributed by atoms with E-state index in [-0.39, 0.29) is 29.5 Å². The molecular formula is C17H22ClFN4O. The lowest BCUT2D eigenvalue weighted by molar-refractivity contribution is 0.0939. The van der Waals surface area contributed by atoms with E-state index in [0.29, 0.717) is 18.8 Å². The molecule has 1 aromatic carbocycles. The summed E-state index contributed by atoms with van der Waals surface area (Å²) in [7, 11) is 0. The monoisotopic (exact) mass is 352 g/mol. The Morgan fingerprint density at radius 2 is 2.04 bits per heavy atom. The SMILES string of the molecule is CC(C)(CNC(=O)c1n[nH]c2c1CNCC2)c1ccc(F)cc1.Cl. The predicted octanol–water partition coefficient (Wildman–Crippen LogP) is 2.32. The van der Waals surface area contributed by atoms with Crippen molar-refractivity contribution in [3.8, 4) is 0 Å². The van der Waals surface area contributed by atoms with E-state index in [2.05, 4.69) is 20.8 Å². The van der Waals surface area contributed by atoms with E-state index in [4.69, 9.17) is 0 Å². The van der Waals surface area contributed by atoms with Crippen molar-refractivity contribution in [1.82, 2.24) is 20.8 Å². The van der Waals surface area contributed by atoms with Crippen LogP contribution in [-0.4, -0.2) is 29.2 Å². The first-order valence-corrected chi connectivity index (χ1v) is 7.78. The molecule has 0 saturated carbocycles. The van der Waals surface area contributed by atoms with Crippen molar-refractivity contribution in [3.63, 3.8) is 0 Å². The normalized spacial score (nSPS) is 13.8. The molecule has 0 fully saturated rings. The molecule has 7 heteroatoms. The first-order valence-electron chi connectivity index (χ1n) is 7.78. The average Bonchev–Trinajstić information content (AvgIpc) is 2.97. The zero-order valence-electron chi connectivity index (χ0n) is 13.8. The number of nitrogens with one attached hydrogen (secondary N) is 3. The van der Waals surface area contributed by atoms with Gasteiger partial charge in [-0.15, -0.1) is 12.4 Å². The maximum Gasteiger partial charge on any atom is 0.272 e. The van der Waals surface area contributed by atoms with Crippen LogP contribution in [0.15, 0.2) is 24.3 Å². The number of benzene rings is 1. The molecule has 1 aliphatic heterocycles. The lowest BCUT2D eigenvalue weighted by Crippen LogP contribution is -2.37. The molecule has 0 bridgehead atoms. The highest BCUT2D eigenvalue weighted by Gasteiger charge is 2.25. The summed E-state index contributed by atoms with van der Waals surface area (Å²) in [5, 5.41) is 13.3. The van der Waals surface area contributed by atoms with Gasteiger partial charge >= 0.3 is 0 Å². The second-order valence-corrected chi connectivity index (χ2v) is 6.53. The van der Waals surface area contributed by atoms with Gasteiger partial charge in [-0.2, -0.15) is 5.10 Å². The molecule has 0 atom stereocenters. The molecule has 3 rings (SSSR count). The molecule has 2 aromatic rings. The number of carbonyl (C=O) groups excluding carboxylic acids is 1. The van der Waals surface area contributed by atoms with Crippen molar-refractivity contribution in [2.24, 2.45) is 0 Å². The van der Waals surface area contributed by atoms with Crippen molar-refractivity contribution in [1.29, 1.82) is 0 Å². The number of H-pyrrole nitrogens is 1. The van der Waals surface area contributed by atoms with Crippen LogP contribution in [0.4, 0.5) is 4.39 Å². The molecule has 1 aromatic heterocycles.